The Balaban J connectivity index is 1.62. The predicted octanol–water partition coefficient (Wildman–Crippen LogP) is 3.75. The van der Waals surface area contributed by atoms with Gasteiger partial charge in [-0.3, -0.25) is 0 Å². The van der Waals surface area contributed by atoms with Gasteiger partial charge in [-0.05, 0) is 29.9 Å². The van der Waals surface area contributed by atoms with Crippen LogP contribution in [0.4, 0.5) is 5.82 Å². The highest BCUT2D eigenvalue weighted by atomic mass is 32.1. The highest BCUT2D eigenvalue weighted by molar-refractivity contribution is 7.17. The van der Waals surface area contributed by atoms with Crippen molar-refractivity contribution in [3.8, 4) is 6.07 Å². The zero-order valence-corrected chi connectivity index (χ0v) is 13.5. The lowest BCUT2D eigenvalue weighted by molar-refractivity contribution is 0.414. The van der Waals surface area contributed by atoms with E-state index in [0.717, 1.165) is 47.5 Å². The molecule has 1 saturated heterocycles. The van der Waals surface area contributed by atoms with E-state index in [1.54, 1.807) is 17.7 Å². The minimum Gasteiger partial charge on any atom is -0.355 e. The average Bonchev–Trinajstić information content (AvgIpc) is 3.11. The van der Waals surface area contributed by atoms with Crippen LogP contribution in [0, 0.1) is 11.3 Å². The first-order chi connectivity index (χ1) is 11.3. The normalized spacial score (nSPS) is 17.1. The van der Waals surface area contributed by atoms with Crippen LogP contribution in [0.15, 0.2) is 48.1 Å². The van der Waals surface area contributed by atoms with Gasteiger partial charge in [-0.1, -0.05) is 30.3 Å². The number of hydrogen-bond donors (Lipinski definition) is 0. The minimum atomic E-state index is -0.376. The van der Waals surface area contributed by atoms with Crippen molar-refractivity contribution in [1.82, 2.24) is 9.97 Å². The minimum absolute atomic E-state index is 0.376. The van der Waals surface area contributed by atoms with Crippen LogP contribution in [0.25, 0.3) is 10.2 Å². The second kappa shape index (κ2) is 5.64. The maximum absolute atomic E-state index is 9.80. The van der Waals surface area contributed by atoms with Crippen LogP contribution in [0.3, 0.4) is 0 Å². The Morgan fingerprint density at radius 1 is 1.09 bits per heavy atom. The van der Waals surface area contributed by atoms with Crippen LogP contribution in [0.1, 0.15) is 18.4 Å². The summed E-state index contributed by atoms with van der Waals surface area (Å²) in [7, 11) is 0. The van der Waals surface area contributed by atoms with Gasteiger partial charge in [-0.25, -0.2) is 9.97 Å². The maximum atomic E-state index is 9.80. The molecule has 4 nitrogen and oxygen atoms in total. The number of nitriles is 1. The van der Waals surface area contributed by atoms with Crippen molar-refractivity contribution in [2.75, 3.05) is 18.0 Å². The summed E-state index contributed by atoms with van der Waals surface area (Å²) in [6.45, 7) is 1.68. The number of piperidine rings is 1. The summed E-state index contributed by atoms with van der Waals surface area (Å²) in [6.07, 6.45) is 3.28. The number of benzene rings is 1. The van der Waals surface area contributed by atoms with E-state index < -0.39 is 0 Å². The van der Waals surface area contributed by atoms with E-state index in [-0.39, 0.29) is 5.41 Å². The highest BCUT2D eigenvalue weighted by Gasteiger charge is 2.37. The van der Waals surface area contributed by atoms with Gasteiger partial charge in [0.2, 0.25) is 0 Å². The van der Waals surface area contributed by atoms with Crippen molar-refractivity contribution >= 4 is 27.4 Å². The molecule has 4 rings (SSSR count). The molecule has 1 aliphatic rings. The van der Waals surface area contributed by atoms with E-state index in [0.29, 0.717) is 0 Å². The summed E-state index contributed by atoms with van der Waals surface area (Å²) in [5.41, 5.74) is 1.76. The predicted molar refractivity (Wildman–Crippen MR) is 92.6 cm³/mol. The van der Waals surface area contributed by atoms with Crippen molar-refractivity contribution in [2.24, 2.45) is 0 Å². The molecule has 0 radical (unpaired) electrons. The lowest BCUT2D eigenvalue weighted by Crippen LogP contribution is -2.42. The molecule has 0 amide bonds. The molecular formula is C18H16N4S. The Labute approximate surface area is 139 Å². The standard InChI is InChI=1S/C18H16N4S/c19-12-18(14-4-2-1-3-5-14)7-9-22(10-8-18)17-16-15(6-11-23-16)20-13-21-17/h1-6,11,13H,7-10H2. The summed E-state index contributed by atoms with van der Waals surface area (Å²) in [6, 6.07) is 14.8. The molecule has 0 bridgehead atoms. The summed E-state index contributed by atoms with van der Waals surface area (Å²) in [4.78, 5) is 11.1. The Bertz CT molecular complexity index is 857. The van der Waals surface area contributed by atoms with Gasteiger partial charge in [-0.15, -0.1) is 11.3 Å². The van der Waals surface area contributed by atoms with Gasteiger partial charge in [-0.2, -0.15) is 5.26 Å². The second-order valence-corrected chi connectivity index (χ2v) is 6.80. The first kappa shape index (κ1) is 14.2. The van der Waals surface area contributed by atoms with E-state index in [9.17, 15) is 5.26 Å². The molecule has 0 saturated carbocycles. The van der Waals surface area contributed by atoms with Gasteiger partial charge >= 0.3 is 0 Å². The van der Waals surface area contributed by atoms with Gasteiger partial charge in [0, 0.05) is 13.1 Å². The summed E-state index contributed by atoms with van der Waals surface area (Å²) >= 11 is 1.68. The molecule has 0 aliphatic carbocycles. The third-order valence-corrected chi connectivity index (χ3v) is 5.58. The van der Waals surface area contributed by atoms with Crippen LogP contribution < -0.4 is 4.90 Å². The van der Waals surface area contributed by atoms with Crippen LogP contribution >= 0.6 is 11.3 Å². The first-order valence-corrected chi connectivity index (χ1v) is 8.60. The van der Waals surface area contributed by atoms with Gasteiger partial charge in [0.15, 0.2) is 0 Å². The summed E-state index contributed by atoms with van der Waals surface area (Å²) in [5, 5.41) is 11.9. The number of thiophene rings is 1. The molecule has 23 heavy (non-hydrogen) atoms. The molecule has 114 valence electrons. The van der Waals surface area contributed by atoms with Crippen LogP contribution in [0.5, 0.6) is 0 Å². The maximum Gasteiger partial charge on any atom is 0.150 e. The third-order valence-electron chi connectivity index (χ3n) is 4.68. The zero-order chi connectivity index (χ0) is 15.7. The molecule has 1 aliphatic heterocycles. The molecular weight excluding hydrogens is 304 g/mol. The fourth-order valence-electron chi connectivity index (χ4n) is 3.32. The Hall–Kier alpha value is -2.45. The molecule has 3 heterocycles. The number of anilines is 1. The van der Waals surface area contributed by atoms with E-state index in [4.69, 9.17) is 0 Å². The topological polar surface area (TPSA) is 52.8 Å². The lowest BCUT2D eigenvalue weighted by Gasteiger charge is -2.38. The first-order valence-electron chi connectivity index (χ1n) is 7.72. The van der Waals surface area contributed by atoms with Crippen LogP contribution in [-0.2, 0) is 5.41 Å². The molecule has 0 unspecified atom stereocenters. The van der Waals surface area contributed by atoms with Crippen molar-refractivity contribution in [1.29, 1.82) is 5.26 Å². The number of hydrogen-bond acceptors (Lipinski definition) is 5. The zero-order valence-electron chi connectivity index (χ0n) is 12.6. The monoisotopic (exact) mass is 320 g/mol. The Kier molecular flexibility index (Phi) is 3.47. The number of fused-ring (bicyclic) bond motifs is 1. The van der Waals surface area contributed by atoms with Gasteiger partial charge in [0.1, 0.15) is 12.1 Å². The molecule has 1 fully saturated rings. The van der Waals surface area contributed by atoms with E-state index in [2.05, 4.69) is 38.4 Å². The fourth-order valence-corrected chi connectivity index (χ4v) is 4.19. The molecule has 1 aromatic carbocycles. The fraction of sp³-hybridized carbons (Fsp3) is 0.278. The van der Waals surface area contributed by atoms with Crippen molar-refractivity contribution < 1.29 is 0 Å². The second-order valence-electron chi connectivity index (χ2n) is 5.88. The Morgan fingerprint density at radius 3 is 2.61 bits per heavy atom. The Morgan fingerprint density at radius 2 is 1.87 bits per heavy atom. The third kappa shape index (κ3) is 2.36. The quantitative estimate of drug-likeness (QED) is 0.721. The van der Waals surface area contributed by atoms with Crippen LogP contribution in [0.2, 0.25) is 0 Å². The number of aromatic nitrogens is 2. The van der Waals surface area contributed by atoms with E-state index in [1.807, 2.05) is 24.3 Å². The summed E-state index contributed by atoms with van der Waals surface area (Å²) < 4.78 is 1.14. The number of rotatable bonds is 2. The van der Waals surface area contributed by atoms with Gasteiger partial charge in [0.25, 0.3) is 0 Å². The lowest BCUT2D eigenvalue weighted by atomic mass is 9.74. The molecule has 5 heteroatoms. The molecule has 3 aromatic rings. The van der Waals surface area contributed by atoms with Crippen molar-refractivity contribution in [2.45, 2.75) is 18.3 Å². The average molecular weight is 320 g/mol. The van der Waals surface area contributed by atoms with E-state index in [1.165, 1.54) is 0 Å². The van der Waals surface area contributed by atoms with Crippen molar-refractivity contribution in [3.63, 3.8) is 0 Å². The van der Waals surface area contributed by atoms with Gasteiger partial charge < -0.3 is 4.90 Å². The van der Waals surface area contributed by atoms with E-state index >= 15 is 0 Å². The SMILES string of the molecule is N#CC1(c2ccccc2)CCN(c2ncnc3ccsc23)CC1. The summed E-state index contributed by atoms with van der Waals surface area (Å²) in [5.74, 6) is 1.00. The largest absolute Gasteiger partial charge is 0.355 e. The molecule has 2 aromatic heterocycles. The molecule has 0 N–H and O–H groups in total. The highest BCUT2D eigenvalue weighted by Crippen LogP contribution is 2.37. The smallest absolute Gasteiger partial charge is 0.150 e. The van der Waals surface area contributed by atoms with Crippen LogP contribution in [-0.4, -0.2) is 23.1 Å². The molecule has 0 spiro atoms. The number of nitrogens with zero attached hydrogens (tertiary/aromatic N) is 4. The van der Waals surface area contributed by atoms with Crippen molar-refractivity contribution in [3.05, 3.63) is 53.7 Å². The molecule has 0 atom stereocenters. The van der Waals surface area contributed by atoms with Gasteiger partial charge in [0.05, 0.1) is 21.7 Å².